The van der Waals surface area contributed by atoms with Gasteiger partial charge in [-0.25, -0.2) is 0 Å². The summed E-state index contributed by atoms with van der Waals surface area (Å²) in [5.74, 6) is 0.862. The molecule has 0 aromatic carbocycles. The summed E-state index contributed by atoms with van der Waals surface area (Å²) in [5, 5.41) is 0. The van der Waals surface area contributed by atoms with E-state index in [0.29, 0.717) is 11.5 Å². The molecule has 0 saturated carbocycles. The van der Waals surface area contributed by atoms with Crippen LogP contribution in [-0.2, 0) is 20.3 Å². The van der Waals surface area contributed by atoms with Crippen LogP contribution >= 0.6 is 0 Å². The monoisotopic (exact) mass is 234 g/mol. The molecule has 0 saturated heterocycles. The van der Waals surface area contributed by atoms with Crippen LogP contribution in [0.25, 0.3) is 0 Å². The molecule has 0 radical (unpaired) electrons. The van der Waals surface area contributed by atoms with E-state index < -0.39 is 16.4 Å². The predicted molar refractivity (Wildman–Crippen MR) is 63.2 cm³/mol. The van der Waals surface area contributed by atoms with Gasteiger partial charge in [-0.15, -0.1) is 0 Å². The highest BCUT2D eigenvalue weighted by atomic mass is 32.2. The summed E-state index contributed by atoms with van der Waals surface area (Å²) in [6, 6.07) is 0. The Kier molecular flexibility index (Phi) is 6.81. The average molecular weight is 234 g/mol. The Balaban J connectivity index is 3.67. The SMILES string of the molecule is CCCCS(=O)CCC(=O)OC(C)(C)C. The van der Waals surface area contributed by atoms with Gasteiger partial charge in [0, 0.05) is 22.3 Å². The molecule has 0 N–H and O–H groups in total. The second-order valence-electron chi connectivity index (χ2n) is 4.54. The molecular formula is C11H22O3S. The fraction of sp³-hybridized carbons (Fsp3) is 0.909. The number of hydrogen-bond acceptors (Lipinski definition) is 3. The van der Waals surface area contributed by atoms with Crippen molar-refractivity contribution in [3.8, 4) is 0 Å². The van der Waals surface area contributed by atoms with E-state index in [0.717, 1.165) is 12.8 Å². The summed E-state index contributed by atoms with van der Waals surface area (Å²) in [6.07, 6.45) is 2.26. The van der Waals surface area contributed by atoms with Gasteiger partial charge in [0.1, 0.15) is 5.60 Å². The molecule has 0 rings (SSSR count). The van der Waals surface area contributed by atoms with Gasteiger partial charge in [0.15, 0.2) is 0 Å². The maximum atomic E-state index is 11.4. The molecule has 4 heteroatoms. The van der Waals surface area contributed by atoms with Gasteiger partial charge in [0.05, 0.1) is 6.42 Å². The maximum Gasteiger partial charge on any atom is 0.307 e. The normalized spacial score (nSPS) is 13.6. The topological polar surface area (TPSA) is 43.4 Å². The lowest BCUT2D eigenvalue weighted by molar-refractivity contribution is -0.154. The van der Waals surface area contributed by atoms with Crippen molar-refractivity contribution in [3.05, 3.63) is 0 Å². The van der Waals surface area contributed by atoms with Crippen LogP contribution in [0.5, 0.6) is 0 Å². The van der Waals surface area contributed by atoms with Gasteiger partial charge in [-0.3, -0.25) is 9.00 Å². The fourth-order valence-corrected chi connectivity index (χ4v) is 2.21. The Morgan fingerprint density at radius 2 is 1.87 bits per heavy atom. The predicted octanol–water partition coefficient (Wildman–Crippen LogP) is 2.27. The Labute approximate surface area is 95.0 Å². The van der Waals surface area contributed by atoms with E-state index in [1.165, 1.54) is 0 Å². The third-order valence-electron chi connectivity index (χ3n) is 1.68. The van der Waals surface area contributed by atoms with Crippen LogP contribution in [0, 0.1) is 0 Å². The summed E-state index contributed by atoms with van der Waals surface area (Å²) >= 11 is 0. The highest BCUT2D eigenvalue weighted by Gasteiger charge is 2.16. The lowest BCUT2D eigenvalue weighted by atomic mass is 10.2. The molecule has 0 aliphatic heterocycles. The lowest BCUT2D eigenvalue weighted by Crippen LogP contribution is -2.24. The van der Waals surface area contributed by atoms with Crippen molar-refractivity contribution >= 4 is 16.8 Å². The molecule has 0 amide bonds. The highest BCUT2D eigenvalue weighted by Crippen LogP contribution is 2.08. The fourth-order valence-electron chi connectivity index (χ4n) is 0.997. The van der Waals surface area contributed by atoms with Crippen molar-refractivity contribution in [1.29, 1.82) is 0 Å². The van der Waals surface area contributed by atoms with Crippen LogP contribution in [0.4, 0.5) is 0 Å². The van der Waals surface area contributed by atoms with Gasteiger partial charge in [0.2, 0.25) is 0 Å². The molecule has 1 atom stereocenters. The van der Waals surface area contributed by atoms with Crippen LogP contribution in [0.3, 0.4) is 0 Å². The van der Waals surface area contributed by atoms with Gasteiger partial charge in [-0.05, 0) is 27.2 Å². The van der Waals surface area contributed by atoms with Crippen LogP contribution in [0.15, 0.2) is 0 Å². The molecule has 1 unspecified atom stereocenters. The molecule has 0 fully saturated rings. The number of carbonyl (C=O) groups excluding carboxylic acids is 1. The minimum absolute atomic E-state index is 0.257. The van der Waals surface area contributed by atoms with Crippen molar-refractivity contribution in [1.82, 2.24) is 0 Å². The summed E-state index contributed by atoms with van der Waals surface area (Å²) < 4.78 is 16.5. The van der Waals surface area contributed by atoms with E-state index in [4.69, 9.17) is 4.74 Å². The van der Waals surface area contributed by atoms with E-state index in [-0.39, 0.29) is 12.4 Å². The minimum Gasteiger partial charge on any atom is -0.460 e. The molecule has 0 aliphatic rings. The first kappa shape index (κ1) is 14.6. The molecule has 0 heterocycles. The Morgan fingerprint density at radius 3 is 2.33 bits per heavy atom. The molecule has 0 aromatic heterocycles. The quantitative estimate of drug-likeness (QED) is 0.662. The number of rotatable bonds is 6. The average Bonchev–Trinajstić information content (AvgIpc) is 2.08. The van der Waals surface area contributed by atoms with Crippen molar-refractivity contribution in [3.63, 3.8) is 0 Å². The minimum atomic E-state index is -0.870. The smallest absolute Gasteiger partial charge is 0.307 e. The lowest BCUT2D eigenvalue weighted by Gasteiger charge is -2.19. The first-order valence-electron chi connectivity index (χ1n) is 5.42. The first-order chi connectivity index (χ1) is 6.85. The number of ether oxygens (including phenoxy) is 1. The van der Waals surface area contributed by atoms with Gasteiger partial charge >= 0.3 is 5.97 Å². The van der Waals surface area contributed by atoms with E-state index in [1.54, 1.807) is 0 Å². The Bertz CT molecular complexity index is 218. The van der Waals surface area contributed by atoms with Crippen molar-refractivity contribution < 1.29 is 13.7 Å². The number of hydrogen-bond donors (Lipinski definition) is 0. The standard InChI is InChI=1S/C11H22O3S/c1-5-6-8-15(13)9-7-10(12)14-11(2,3)4/h5-9H2,1-4H3. The molecular weight excluding hydrogens is 212 g/mol. The summed E-state index contributed by atoms with van der Waals surface area (Å²) in [5.41, 5.74) is -0.442. The van der Waals surface area contributed by atoms with Crippen LogP contribution < -0.4 is 0 Å². The van der Waals surface area contributed by atoms with Crippen molar-refractivity contribution in [2.75, 3.05) is 11.5 Å². The van der Waals surface area contributed by atoms with Crippen LogP contribution in [0.2, 0.25) is 0 Å². The summed E-state index contributed by atoms with van der Waals surface area (Å²) in [7, 11) is -0.870. The molecule has 3 nitrogen and oxygen atoms in total. The Morgan fingerprint density at radius 1 is 1.27 bits per heavy atom. The zero-order valence-electron chi connectivity index (χ0n) is 10.2. The number of carbonyl (C=O) groups is 1. The molecule has 15 heavy (non-hydrogen) atoms. The molecule has 0 aromatic rings. The van der Waals surface area contributed by atoms with E-state index >= 15 is 0 Å². The Hall–Kier alpha value is -0.380. The van der Waals surface area contributed by atoms with E-state index in [2.05, 4.69) is 6.92 Å². The van der Waals surface area contributed by atoms with Gasteiger partial charge in [-0.2, -0.15) is 0 Å². The second-order valence-corrected chi connectivity index (χ2v) is 6.23. The van der Waals surface area contributed by atoms with Gasteiger partial charge in [0.25, 0.3) is 0 Å². The zero-order valence-corrected chi connectivity index (χ0v) is 11.0. The van der Waals surface area contributed by atoms with Crippen LogP contribution in [-0.4, -0.2) is 27.3 Å². The first-order valence-corrected chi connectivity index (χ1v) is 6.91. The van der Waals surface area contributed by atoms with Crippen LogP contribution in [0.1, 0.15) is 47.0 Å². The van der Waals surface area contributed by atoms with Gasteiger partial charge < -0.3 is 4.74 Å². The molecule has 0 spiro atoms. The number of unbranched alkanes of at least 4 members (excludes halogenated alkanes) is 1. The van der Waals surface area contributed by atoms with Crippen molar-refractivity contribution in [2.45, 2.75) is 52.6 Å². The zero-order chi connectivity index (χ0) is 11.9. The van der Waals surface area contributed by atoms with E-state index in [9.17, 15) is 9.00 Å². The third kappa shape index (κ3) is 9.91. The molecule has 90 valence electrons. The molecule has 0 bridgehead atoms. The van der Waals surface area contributed by atoms with Crippen molar-refractivity contribution in [2.24, 2.45) is 0 Å². The summed E-state index contributed by atoms with van der Waals surface area (Å²) in [4.78, 5) is 11.3. The largest absolute Gasteiger partial charge is 0.460 e. The second kappa shape index (κ2) is 6.99. The third-order valence-corrected chi connectivity index (χ3v) is 3.08. The van der Waals surface area contributed by atoms with E-state index in [1.807, 2.05) is 20.8 Å². The molecule has 0 aliphatic carbocycles. The summed E-state index contributed by atoms with van der Waals surface area (Å²) in [6.45, 7) is 7.56. The maximum absolute atomic E-state index is 11.4. The van der Waals surface area contributed by atoms with Gasteiger partial charge in [-0.1, -0.05) is 13.3 Å². The highest BCUT2D eigenvalue weighted by molar-refractivity contribution is 7.84. The number of esters is 1.